The molecular weight excluding hydrogens is 252 g/mol. The molecule has 1 amide bonds. The van der Waals surface area contributed by atoms with Gasteiger partial charge in [0.25, 0.3) is 5.91 Å². The first-order valence-electron chi connectivity index (χ1n) is 7.45. The largest absolute Gasteiger partial charge is 0.364 e. The molecule has 2 saturated heterocycles. The molecular formula is C16H22N2O2. The number of amides is 1. The molecule has 0 saturated carbocycles. The lowest BCUT2D eigenvalue weighted by Crippen LogP contribution is -2.36. The molecule has 20 heavy (non-hydrogen) atoms. The lowest BCUT2D eigenvalue weighted by atomic mass is 10.0. The van der Waals surface area contributed by atoms with Gasteiger partial charge in [0.1, 0.15) is 0 Å². The van der Waals surface area contributed by atoms with Crippen LogP contribution >= 0.6 is 0 Å². The summed E-state index contributed by atoms with van der Waals surface area (Å²) < 4.78 is 5.72. The normalized spacial score (nSPS) is 26.6. The van der Waals surface area contributed by atoms with Gasteiger partial charge in [-0.1, -0.05) is 30.3 Å². The minimum atomic E-state index is -0.451. The van der Waals surface area contributed by atoms with Crippen molar-refractivity contribution in [2.45, 2.75) is 13.0 Å². The van der Waals surface area contributed by atoms with Crippen LogP contribution in [0.1, 0.15) is 18.6 Å². The molecule has 0 aliphatic carbocycles. The first-order valence-corrected chi connectivity index (χ1v) is 7.45. The number of nitrogens with one attached hydrogen (secondary N) is 1. The summed E-state index contributed by atoms with van der Waals surface area (Å²) in [4.78, 5) is 14.7. The summed E-state index contributed by atoms with van der Waals surface area (Å²) in [6, 6.07) is 9.81. The highest BCUT2D eigenvalue weighted by molar-refractivity contribution is 5.82. The minimum absolute atomic E-state index is 0.118. The molecule has 1 aromatic carbocycles. The summed E-state index contributed by atoms with van der Waals surface area (Å²) in [6.07, 6.45) is -0.451. The minimum Gasteiger partial charge on any atom is -0.364 e. The predicted octanol–water partition coefficient (Wildman–Crippen LogP) is 1.44. The van der Waals surface area contributed by atoms with Crippen molar-refractivity contribution in [1.82, 2.24) is 10.2 Å². The van der Waals surface area contributed by atoms with Crippen molar-refractivity contribution in [3.05, 3.63) is 35.9 Å². The van der Waals surface area contributed by atoms with Gasteiger partial charge >= 0.3 is 0 Å². The zero-order valence-electron chi connectivity index (χ0n) is 11.9. The van der Waals surface area contributed by atoms with E-state index < -0.39 is 6.10 Å². The van der Waals surface area contributed by atoms with Gasteiger partial charge < -0.3 is 15.0 Å². The van der Waals surface area contributed by atoms with Gasteiger partial charge in [-0.3, -0.25) is 4.79 Å². The number of ether oxygens (including phenoxy) is 1. The summed E-state index contributed by atoms with van der Waals surface area (Å²) in [5.41, 5.74) is 0.953. The number of hydrogen-bond acceptors (Lipinski definition) is 3. The molecule has 2 heterocycles. The molecule has 1 N–H and O–H groups in total. The van der Waals surface area contributed by atoms with E-state index in [2.05, 4.69) is 5.32 Å². The highest BCUT2D eigenvalue weighted by Gasteiger charge is 2.40. The number of carbonyl (C=O) groups is 1. The fourth-order valence-electron chi connectivity index (χ4n) is 3.31. The first-order chi connectivity index (χ1) is 9.79. The second-order valence-corrected chi connectivity index (χ2v) is 5.67. The zero-order valence-corrected chi connectivity index (χ0v) is 11.9. The van der Waals surface area contributed by atoms with Crippen LogP contribution in [0.4, 0.5) is 0 Å². The number of likely N-dealkylation sites (tertiary alicyclic amines) is 1. The average molecular weight is 274 g/mol. The van der Waals surface area contributed by atoms with Crippen LogP contribution in [0.3, 0.4) is 0 Å². The third kappa shape index (κ3) is 2.58. The number of benzene rings is 1. The van der Waals surface area contributed by atoms with Gasteiger partial charge in [-0.15, -0.1) is 0 Å². The number of rotatable bonds is 4. The third-order valence-electron chi connectivity index (χ3n) is 4.36. The van der Waals surface area contributed by atoms with Crippen molar-refractivity contribution in [2.24, 2.45) is 11.8 Å². The van der Waals surface area contributed by atoms with E-state index in [9.17, 15) is 4.79 Å². The Morgan fingerprint density at radius 1 is 1.30 bits per heavy atom. The van der Waals surface area contributed by atoms with Gasteiger partial charge in [0.05, 0.1) is 0 Å². The molecule has 1 unspecified atom stereocenters. The van der Waals surface area contributed by atoms with E-state index in [0.717, 1.165) is 31.7 Å². The molecule has 0 radical (unpaired) electrons. The third-order valence-corrected chi connectivity index (χ3v) is 4.36. The van der Waals surface area contributed by atoms with Crippen LogP contribution in [-0.4, -0.2) is 43.6 Å². The Hall–Kier alpha value is -1.39. The van der Waals surface area contributed by atoms with E-state index >= 15 is 0 Å². The maximum Gasteiger partial charge on any atom is 0.256 e. The molecule has 3 atom stereocenters. The summed E-state index contributed by atoms with van der Waals surface area (Å²) in [5, 5.41) is 3.40. The molecule has 4 heteroatoms. The van der Waals surface area contributed by atoms with Crippen LogP contribution in [0.15, 0.2) is 30.3 Å². The van der Waals surface area contributed by atoms with E-state index in [1.165, 1.54) is 0 Å². The van der Waals surface area contributed by atoms with Gasteiger partial charge in [0.2, 0.25) is 0 Å². The van der Waals surface area contributed by atoms with Crippen molar-refractivity contribution < 1.29 is 9.53 Å². The molecule has 1 aromatic rings. The molecule has 4 nitrogen and oxygen atoms in total. The number of fused-ring (bicyclic) bond motifs is 1. The highest BCUT2D eigenvalue weighted by Crippen LogP contribution is 2.29. The van der Waals surface area contributed by atoms with E-state index in [-0.39, 0.29) is 5.91 Å². The Labute approximate surface area is 120 Å². The number of nitrogens with zero attached hydrogens (tertiary/aromatic N) is 1. The molecule has 3 rings (SSSR count). The SMILES string of the molecule is CCOC(C(=O)N1C[C@H]2CNC[C@H]2C1)c1ccccc1. The Morgan fingerprint density at radius 2 is 1.95 bits per heavy atom. The summed E-state index contributed by atoms with van der Waals surface area (Å²) >= 11 is 0. The molecule has 108 valence electrons. The quantitative estimate of drug-likeness (QED) is 0.903. The van der Waals surface area contributed by atoms with Crippen LogP contribution in [0.25, 0.3) is 0 Å². The fourth-order valence-corrected chi connectivity index (χ4v) is 3.31. The Morgan fingerprint density at radius 3 is 2.55 bits per heavy atom. The maximum atomic E-state index is 12.7. The van der Waals surface area contributed by atoms with E-state index in [1.54, 1.807) is 0 Å². The van der Waals surface area contributed by atoms with Crippen LogP contribution in [-0.2, 0) is 9.53 Å². The number of hydrogen-bond donors (Lipinski definition) is 1. The van der Waals surface area contributed by atoms with E-state index in [1.807, 2.05) is 42.2 Å². The van der Waals surface area contributed by atoms with Crippen molar-refractivity contribution in [3.8, 4) is 0 Å². The summed E-state index contributed by atoms with van der Waals surface area (Å²) in [6.45, 7) is 6.30. The average Bonchev–Trinajstić information content (AvgIpc) is 3.06. The maximum absolute atomic E-state index is 12.7. The second-order valence-electron chi connectivity index (χ2n) is 5.67. The number of carbonyl (C=O) groups excluding carboxylic acids is 1. The molecule has 0 aromatic heterocycles. The van der Waals surface area contributed by atoms with Gasteiger partial charge in [-0.05, 0) is 24.3 Å². The Kier molecular flexibility index (Phi) is 4.03. The van der Waals surface area contributed by atoms with Crippen LogP contribution in [0, 0.1) is 11.8 Å². The topological polar surface area (TPSA) is 41.6 Å². The van der Waals surface area contributed by atoms with Crippen LogP contribution < -0.4 is 5.32 Å². The smallest absolute Gasteiger partial charge is 0.256 e. The predicted molar refractivity (Wildman–Crippen MR) is 77.2 cm³/mol. The van der Waals surface area contributed by atoms with Crippen molar-refractivity contribution in [3.63, 3.8) is 0 Å². The standard InChI is InChI=1S/C16H22N2O2/c1-2-20-15(12-6-4-3-5-7-12)16(19)18-10-13-8-17-9-14(13)11-18/h3-7,13-15,17H,2,8-11H2,1H3/t13-,14+,15?. The zero-order chi connectivity index (χ0) is 13.9. The van der Waals surface area contributed by atoms with Crippen molar-refractivity contribution in [2.75, 3.05) is 32.8 Å². The summed E-state index contributed by atoms with van der Waals surface area (Å²) in [5.74, 6) is 1.36. The van der Waals surface area contributed by atoms with Crippen molar-refractivity contribution >= 4 is 5.91 Å². The van der Waals surface area contributed by atoms with Crippen LogP contribution in [0.5, 0.6) is 0 Å². The molecule has 2 aliphatic heterocycles. The highest BCUT2D eigenvalue weighted by atomic mass is 16.5. The van der Waals surface area contributed by atoms with E-state index in [4.69, 9.17) is 4.74 Å². The van der Waals surface area contributed by atoms with Gasteiger partial charge in [0, 0.05) is 32.8 Å². The Bertz CT molecular complexity index is 451. The second kappa shape index (κ2) is 5.94. The molecule has 2 aliphatic rings. The molecule has 0 spiro atoms. The molecule has 2 fully saturated rings. The fraction of sp³-hybridized carbons (Fsp3) is 0.562. The van der Waals surface area contributed by atoms with Gasteiger partial charge in [-0.2, -0.15) is 0 Å². The monoisotopic (exact) mass is 274 g/mol. The van der Waals surface area contributed by atoms with Crippen molar-refractivity contribution in [1.29, 1.82) is 0 Å². The first kappa shape index (κ1) is 13.6. The van der Waals surface area contributed by atoms with Gasteiger partial charge in [-0.25, -0.2) is 0 Å². The van der Waals surface area contributed by atoms with Crippen LogP contribution in [0.2, 0.25) is 0 Å². The lowest BCUT2D eigenvalue weighted by Gasteiger charge is -2.24. The molecule has 0 bridgehead atoms. The van der Waals surface area contributed by atoms with E-state index in [0.29, 0.717) is 18.4 Å². The summed E-state index contributed by atoms with van der Waals surface area (Å²) in [7, 11) is 0. The lowest BCUT2D eigenvalue weighted by molar-refractivity contribution is -0.143. The Balaban J connectivity index is 1.73. The van der Waals surface area contributed by atoms with Gasteiger partial charge in [0.15, 0.2) is 6.10 Å².